The van der Waals surface area contributed by atoms with Gasteiger partial charge < -0.3 is 10.1 Å². The molecule has 0 aliphatic carbocycles. The molecule has 2 N–H and O–H groups in total. The van der Waals surface area contributed by atoms with Crippen molar-refractivity contribution in [2.24, 2.45) is 0 Å². The fraction of sp³-hybridized carbons (Fsp3) is 0.278. The molecule has 2 aromatic carbocycles. The Kier molecular flexibility index (Phi) is 7.07. The highest BCUT2D eigenvalue weighted by Gasteiger charge is 2.21. The van der Waals surface area contributed by atoms with Crippen molar-refractivity contribution in [3.05, 3.63) is 51.4 Å². The molecule has 0 aromatic heterocycles. The Morgan fingerprint density at radius 2 is 1.70 bits per heavy atom. The molecule has 146 valence electrons. The first-order valence-corrected chi connectivity index (χ1v) is 11.0. The van der Waals surface area contributed by atoms with Gasteiger partial charge in [0.15, 0.2) is 6.61 Å². The lowest BCUT2D eigenvalue weighted by Gasteiger charge is -2.20. The third-order valence-electron chi connectivity index (χ3n) is 3.14. The van der Waals surface area contributed by atoms with Crippen molar-refractivity contribution in [3.8, 4) is 5.75 Å². The summed E-state index contributed by atoms with van der Waals surface area (Å²) in [5, 5.41) is 2.67. The van der Waals surface area contributed by atoms with Crippen LogP contribution in [0, 0.1) is 0 Å². The number of ether oxygens (including phenoxy) is 1. The molecular formula is C18H20Br2N2O4S. The largest absolute Gasteiger partial charge is 0.483 e. The Labute approximate surface area is 176 Å². The van der Waals surface area contributed by atoms with E-state index in [4.69, 9.17) is 4.74 Å². The van der Waals surface area contributed by atoms with E-state index in [0.29, 0.717) is 11.4 Å². The number of hydrogen-bond donors (Lipinski definition) is 2. The van der Waals surface area contributed by atoms with E-state index in [2.05, 4.69) is 41.9 Å². The summed E-state index contributed by atoms with van der Waals surface area (Å²) in [5.74, 6) is 0.191. The molecule has 27 heavy (non-hydrogen) atoms. The van der Waals surface area contributed by atoms with Gasteiger partial charge in [-0.25, -0.2) is 13.1 Å². The lowest BCUT2D eigenvalue weighted by atomic mass is 10.1. The summed E-state index contributed by atoms with van der Waals surface area (Å²) >= 11 is 6.71. The second kappa shape index (κ2) is 8.72. The molecule has 0 bridgehead atoms. The topological polar surface area (TPSA) is 84.5 Å². The van der Waals surface area contributed by atoms with Crippen molar-refractivity contribution < 1.29 is 17.9 Å². The second-order valence-corrected chi connectivity index (χ2v) is 10.2. The quantitative estimate of drug-likeness (QED) is 0.595. The minimum absolute atomic E-state index is 0.130. The van der Waals surface area contributed by atoms with Gasteiger partial charge in [-0.15, -0.1) is 0 Å². The average molecular weight is 520 g/mol. The van der Waals surface area contributed by atoms with Crippen LogP contribution in [-0.4, -0.2) is 26.5 Å². The van der Waals surface area contributed by atoms with Gasteiger partial charge in [0.1, 0.15) is 5.75 Å². The molecule has 0 saturated heterocycles. The zero-order chi connectivity index (χ0) is 20.2. The molecule has 9 heteroatoms. The van der Waals surface area contributed by atoms with Crippen LogP contribution in [0.1, 0.15) is 20.8 Å². The molecule has 0 fully saturated rings. The van der Waals surface area contributed by atoms with Gasteiger partial charge in [-0.2, -0.15) is 0 Å². The molecule has 0 spiro atoms. The first-order valence-electron chi connectivity index (χ1n) is 7.98. The van der Waals surface area contributed by atoms with Crippen LogP contribution in [0.2, 0.25) is 0 Å². The number of halogens is 2. The molecule has 0 radical (unpaired) electrons. The fourth-order valence-electron chi connectivity index (χ4n) is 2.11. The van der Waals surface area contributed by atoms with Crippen LogP contribution in [0.25, 0.3) is 0 Å². The van der Waals surface area contributed by atoms with E-state index < -0.39 is 15.6 Å². The Balaban J connectivity index is 1.96. The van der Waals surface area contributed by atoms with Crippen LogP contribution in [0.5, 0.6) is 5.75 Å². The van der Waals surface area contributed by atoms with Crippen molar-refractivity contribution >= 4 is 53.5 Å². The van der Waals surface area contributed by atoms with Gasteiger partial charge >= 0.3 is 0 Å². The van der Waals surface area contributed by atoms with Crippen LogP contribution < -0.4 is 14.8 Å². The number of amides is 1. The van der Waals surface area contributed by atoms with Crippen LogP contribution in [0.3, 0.4) is 0 Å². The Morgan fingerprint density at radius 1 is 1.07 bits per heavy atom. The van der Waals surface area contributed by atoms with Crippen LogP contribution in [0.4, 0.5) is 5.69 Å². The van der Waals surface area contributed by atoms with Crippen LogP contribution >= 0.6 is 31.9 Å². The molecule has 0 aliphatic rings. The number of hydrogen-bond acceptors (Lipinski definition) is 4. The van der Waals surface area contributed by atoms with E-state index >= 15 is 0 Å². The summed E-state index contributed by atoms with van der Waals surface area (Å²) in [6, 6.07) is 11.3. The van der Waals surface area contributed by atoms with Crippen molar-refractivity contribution in [3.63, 3.8) is 0 Å². The molecule has 0 atom stereocenters. The third-order valence-corrected chi connectivity index (χ3v) is 6.03. The van der Waals surface area contributed by atoms with E-state index in [1.54, 1.807) is 26.8 Å². The normalized spacial score (nSPS) is 11.9. The van der Waals surface area contributed by atoms with Gasteiger partial charge in [-0.3, -0.25) is 4.79 Å². The molecule has 0 saturated carbocycles. The number of anilines is 1. The number of sulfonamides is 1. The van der Waals surface area contributed by atoms with Crippen molar-refractivity contribution in [1.82, 2.24) is 4.72 Å². The molecule has 6 nitrogen and oxygen atoms in total. The average Bonchev–Trinajstić information content (AvgIpc) is 2.52. The zero-order valence-corrected chi connectivity index (χ0v) is 19.0. The SMILES string of the molecule is CC(C)(C)NS(=O)(=O)c1ccc(NC(=O)COc2ccc(Br)cc2Br)cc1. The van der Waals surface area contributed by atoms with E-state index in [9.17, 15) is 13.2 Å². The lowest BCUT2D eigenvalue weighted by Crippen LogP contribution is -2.40. The predicted molar refractivity (Wildman–Crippen MR) is 112 cm³/mol. The van der Waals surface area contributed by atoms with Gasteiger partial charge in [0.2, 0.25) is 10.0 Å². The summed E-state index contributed by atoms with van der Waals surface area (Å²) in [6.07, 6.45) is 0. The van der Waals surface area contributed by atoms with Crippen LogP contribution in [0.15, 0.2) is 56.3 Å². The Hall–Kier alpha value is -1.42. The molecule has 2 aromatic rings. The van der Waals surface area contributed by atoms with E-state index in [0.717, 1.165) is 8.95 Å². The molecule has 2 rings (SSSR count). The smallest absolute Gasteiger partial charge is 0.262 e. The highest BCUT2D eigenvalue weighted by molar-refractivity contribution is 9.11. The number of benzene rings is 2. The lowest BCUT2D eigenvalue weighted by molar-refractivity contribution is -0.118. The standard InChI is InChI=1S/C18H20Br2N2O4S/c1-18(2,3)22-27(24,25)14-7-5-13(6-8-14)21-17(23)11-26-16-9-4-12(19)10-15(16)20/h4-10,22H,11H2,1-3H3,(H,21,23). The molecular weight excluding hydrogens is 500 g/mol. The number of rotatable bonds is 6. The molecule has 0 heterocycles. The highest BCUT2D eigenvalue weighted by Crippen LogP contribution is 2.28. The Morgan fingerprint density at radius 3 is 2.26 bits per heavy atom. The molecule has 0 aliphatic heterocycles. The predicted octanol–water partition coefficient (Wildman–Crippen LogP) is 4.31. The van der Waals surface area contributed by atoms with Gasteiger partial charge in [0.05, 0.1) is 9.37 Å². The van der Waals surface area contributed by atoms with Crippen molar-refractivity contribution in [1.29, 1.82) is 0 Å². The maximum absolute atomic E-state index is 12.3. The third kappa shape index (κ3) is 6.91. The van der Waals surface area contributed by atoms with E-state index in [1.165, 1.54) is 24.3 Å². The second-order valence-electron chi connectivity index (χ2n) is 6.79. The number of carbonyl (C=O) groups is 1. The maximum Gasteiger partial charge on any atom is 0.262 e. The Bertz CT molecular complexity index is 923. The number of carbonyl (C=O) groups excluding carboxylic acids is 1. The van der Waals surface area contributed by atoms with Crippen LogP contribution in [-0.2, 0) is 14.8 Å². The van der Waals surface area contributed by atoms with Gasteiger partial charge in [0, 0.05) is 15.7 Å². The van der Waals surface area contributed by atoms with Crippen molar-refractivity contribution in [2.75, 3.05) is 11.9 Å². The van der Waals surface area contributed by atoms with Gasteiger partial charge in [0.25, 0.3) is 5.91 Å². The zero-order valence-electron chi connectivity index (χ0n) is 15.0. The maximum atomic E-state index is 12.3. The summed E-state index contributed by atoms with van der Waals surface area (Å²) in [4.78, 5) is 12.2. The van der Waals surface area contributed by atoms with E-state index in [-0.39, 0.29) is 17.4 Å². The summed E-state index contributed by atoms with van der Waals surface area (Å²) in [6.45, 7) is 5.13. The monoisotopic (exact) mass is 518 g/mol. The highest BCUT2D eigenvalue weighted by atomic mass is 79.9. The molecule has 0 unspecified atom stereocenters. The minimum atomic E-state index is -3.61. The summed E-state index contributed by atoms with van der Waals surface area (Å²) in [7, 11) is -3.61. The summed E-state index contributed by atoms with van der Waals surface area (Å²) < 4.78 is 34.2. The first-order chi connectivity index (χ1) is 12.5. The fourth-order valence-corrected chi connectivity index (χ4v) is 4.69. The first kappa shape index (κ1) is 21.9. The van der Waals surface area contributed by atoms with Crippen molar-refractivity contribution in [2.45, 2.75) is 31.2 Å². The van der Waals surface area contributed by atoms with Gasteiger partial charge in [-0.05, 0) is 79.2 Å². The van der Waals surface area contributed by atoms with E-state index in [1.807, 2.05) is 12.1 Å². The van der Waals surface area contributed by atoms with Gasteiger partial charge in [-0.1, -0.05) is 15.9 Å². The number of nitrogens with one attached hydrogen (secondary N) is 2. The minimum Gasteiger partial charge on any atom is -0.483 e. The molecule has 1 amide bonds. The summed E-state index contributed by atoms with van der Waals surface area (Å²) in [5.41, 5.74) is -0.0992.